The van der Waals surface area contributed by atoms with Gasteiger partial charge in [0.05, 0.1) is 17.7 Å². The minimum absolute atomic E-state index is 0.0776. The normalized spacial score (nSPS) is 14.5. The summed E-state index contributed by atoms with van der Waals surface area (Å²) in [5, 5.41) is 9.64. The number of aromatic nitrogens is 1. The third-order valence-corrected chi connectivity index (χ3v) is 8.75. The highest BCUT2D eigenvalue weighted by atomic mass is 35.5. The van der Waals surface area contributed by atoms with Crippen molar-refractivity contribution in [2.75, 3.05) is 26.3 Å². The number of halogens is 2. The molecule has 0 radical (unpaired) electrons. The van der Waals surface area contributed by atoms with E-state index in [9.17, 15) is 14.0 Å². The van der Waals surface area contributed by atoms with E-state index in [1.165, 1.54) is 12.1 Å². The average molecular weight is 604 g/mol. The van der Waals surface area contributed by atoms with Crippen LogP contribution in [0, 0.1) is 11.2 Å². The number of aryl methyl sites for hydroxylation is 1. The average Bonchev–Trinajstić information content (AvgIpc) is 3.35. The quantitative estimate of drug-likeness (QED) is 0.237. The van der Waals surface area contributed by atoms with Gasteiger partial charge in [-0.25, -0.2) is 4.39 Å². The van der Waals surface area contributed by atoms with Crippen molar-refractivity contribution >= 4 is 23.4 Å². The second kappa shape index (κ2) is 13.0. The van der Waals surface area contributed by atoms with Gasteiger partial charge < -0.3 is 25.0 Å². The lowest BCUT2D eigenvalue weighted by atomic mass is 9.73. The van der Waals surface area contributed by atoms with E-state index in [-0.39, 0.29) is 30.8 Å². The molecule has 0 saturated carbocycles. The van der Waals surface area contributed by atoms with Gasteiger partial charge in [-0.3, -0.25) is 9.59 Å². The molecule has 2 heterocycles. The third kappa shape index (κ3) is 6.45. The molecule has 0 spiro atoms. The summed E-state index contributed by atoms with van der Waals surface area (Å²) < 4.78 is 21.1. The van der Waals surface area contributed by atoms with Crippen LogP contribution in [0.15, 0.2) is 78.9 Å². The molecule has 0 aliphatic carbocycles. The van der Waals surface area contributed by atoms with E-state index in [1.807, 2.05) is 72.3 Å². The summed E-state index contributed by atoms with van der Waals surface area (Å²) in [5.74, 6) is -0.209. The number of aliphatic hydroxyl groups excluding tert-OH is 1. The second-order valence-corrected chi connectivity index (χ2v) is 11.4. The van der Waals surface area contributed by atoms with Crippen molar-refractivity contribution in [1.29, 1.82) is 0 Å². The van der Waals surface area contributed by atoms with Gasteiger partial charge in [0, 0.05) is 36.3 Å². The lowest BCUT2D eigenvalue weighted by Crippen LogP contribution is -2.49. The molecule has 5 rings (SSSR count). The van der Waals surface area contributed by atoms with Gasteiger partial charge in [0.1, 0.15) is 23.9 Å². The highest BCUT2D eigenvalue weighted by Gasteiger charge is 2.41. The predicted molar refractivity (Wildman–Crippen MR) is 165 cm³/mol. The zero-order chi connectivity index (χ0) is 30.6. The van der Waals surface area contributed by atoms with Crippen LogP contribution in [0.1, 0.15) is 35.3 Å². The maximum absolute atomic E-state index is 14.0. The predicted octanol–water partition coefficient (Wildman–Crippen LogP) is 5.86. The number of primary amides is 1. The van der Waals surface area contributed by atoms with Crippen molar-refractivity contribution in [3.05, 3.63) is 101 Å². The molecule has 1 aromatic heterocycles. The van der Waals surface area contributed by atoms with Crippen LogP contribution in [0.3, 0.4) is 0 Å². The van der Waals surface area contributed by atoms with Crippen molar-refractivity contribution in [3.63, 3.8) is 0 Å². The molecule has 9 heteroatoms. The summed E-state index contributed by atoms with van der Waals surface area (Å²) in [6.07, 6.45) is 1.90. The molecule has 0 bridgehead atoms. The Morgan fingerprint density at radius 2 is 1.72 bits per heavy atom. The SMILES string of the molecule is Cn1c(C(=O)N2CCC(CCc3cccc(F)c3)(C(N)=O)CC2)cc(-c2ccccc2Cl)c1-c1ccc(OCCO)cc1. The van der Waals surface area contributed by atoms with Gasteiger partial charge in [-0.2, -0.15) is 0 Å². The van der Waals surface area contributed by atoms with Crippen LogP contribution in [-0.2, 0) is 18.3 Å². The third-order valence-electron chi connectivity index (χ3n) is 8.42. The molecule has 7 nitrogen and oxygen atoms in total. The van der Waals surface area contributed by atoms with E-state index in [0.29, 0.717) is 55.2 Å². The fourth-order valence-corrected chi connectivity index (χ4v) is 6.15. The van der Waals surface area contributed by atoms with Crippen LogP contribution in [0.4, 0.5) is 4.39 Å². The Labute approximate surface area is 255 Å². The molecule has 224 valence electrons. The summed E-state index contributed by atoms with van der Waals surface area (Å²) in [6, 6.07) is 23.2. The number of nitrogens with two attached hydrogens (primary N) is 1. The Bertz CT molecular complexity index is 1610. The standard InChI is InChI=1S/C34H35ClFN3O4/c1-38-30(32(41)39-17-15-34(16-18-39,33(37)42)14-13-23-5-4-6-25(36)21-23)22-28(27-7-2-3-8-29(27)35)31(38)24-9-11-26(12-10-24)43-20-19-40/h2-12,21-22,40H,13-20H2,1H3,(H2,37,42). The number of benzene rings is 3. The minimum Gasteiger partial charge on any atom is -0.491 e. The summed E-state index contributed by atoms with van der Waals surface area (Å²) >= 11 is 6.62. The molecule has 1 aliphatic heterocycles. The minimum atomic E-state index is -0.759. The van der Waals surface area contributed by atoms with Crippen molar-refractivity contribution in [2.45, 2.75) is 25.7 Å². The van der Waals surface area contributed by atoms with Crippen molar-refractivity contribution < 1.29 is 23.8 Å². The molecule has 1 aliphatic rings. The van der Waals surface area contributed by atoms with Crippen molar-refractivity contribution in [2.24, 2.45) is 18.2 Å². The Kier molecular flexibility index (Phi) is 9.18. The topological polar surface area (TPSA) is 97.8 Å². The number of hydrogen-bond acceptors (Lipinski definition) is 4. The number of nitrogens with zero attached hydrogens (tertiary/aromatic N) is 2. The van der Waals surface area contributed by atoms with E-state index in [1.54, 1.807) is 11.0 Å². The fraction of sp³-hybridized carbons (Fsp3) is 0.294. The number of likely N-dealkylation sites (tertiary alicyclic amines) is 1. The zero-order valence-electron chi connectivity index (χ0n) is 24.1. The van der Waals surface area contributed by atoms with Gasteiger partial charge >= 0.3 is 0 Å². The van der Waals surface area contributed by atoms with E-state index < -0.39 is 5.41 Å². The zero-order valence-corrected chi connectivity index (χ0v) is 24.8. The Hall–Kier alpha value is -4.14. The first-order valence-electron chi connectivity index (χ1n) is 14.3. The number of carbonyl (C=O) groups excluding carboxylic acids is 2. The molecule has 0 unspecified atom stereocenters. The molecule has 0 atom stereocenters. The summed E-state index contributed by atoms with van der Waals surface area (Å²) in [6.45, 7) is 0.879. The van der Waals surface area contributed by atoms with Gasteiger partial charge in [0.15, 0.2) is 0 Å². The number of aliphatic hydroxyl groups is 1. The fourth-order valence-electron chi connectivity index (χ4n) is 5.91. The number of amides is 2. The second-order valence-electron chi connectivity index (χ2n) is 11.0. The molecule has 3 N–H and O–H groups in total. The van der Waals surface area contributed by atoms with Crippen LogP contribution in [0.5, 0.6) is 5.75 Å². The smallest absolute Gasteiger partial charge is 0.270 e. The summed E-state index contributed by atoms with van der Waals surface area (Å²) in [5.41, 5.74) is 9.77. The number of carbonyl (C=O) groups is 2. The highest BCUT2D eigenvalue weighted by molar-refractivity contribution is 6.33. The van der Waals surface area contributed by atoms with Crippen LogP contribution in [0.25, 0.3) is 22.4 Å². The summed E-state index contributed by atoms with van der Waals surface area (Å²) in [7, 11) is 1.86. The monoisotopic (exact) mass is 603 g/mol. The Balaban J connectivity index is 1.41. The van der Waals surface area contributed by atoms with E-state index in [4.69, 9.17) is 27.2 Å². The van der Waals surface area contributed by atoms with Gasteiger partial charge in [-0.05, 0) is 85.3 Å². The van der Waals surface area contributed by atoms with Crippen molar-refractivity contribution in [3.8, 4) is 28.1 Å². The van der Waals surface area contributed by atoms with Gasteiger partial charge in [-0.15, -0.1) is 0 Å². The molecule has 2 amide bonds. The molecular weight excluding hydrogens is 569 g/mol. The number of rotatable bonds is 10. The van der Waals surface area contributed by atoms with Crippen molar-refractivity contribution in [1.82, 2.24) is 9.47 Å². The molecule has 43 heavy (non-hydrogen) atoms. The van der Waals surface area contributed by atoms with Crippen LogP contribution in [0.2, 0.25) is 5.02 Å². The first kappa shape index (κ1) is 30.3. The summed E-state index contributed by atoms with van der Waals surface area (Å²) in [4.78, 5) is 28.4. The highest BCUT2D eigenvalue weighted by Crippen LogP contribution is 2.40. The van der Waals surface area contributed by atoms with Gasteiger partial charge in [0.25, 0.3) is 5.91 Å². The maximum Gasteiger partial charge on any atom is 0.270 e. The number of ether oxygens (including phenoxy) is 1. The first-order valence-corrected chi connectivity index (χ1v) is 14.7. The van der Waals surface area contributed by atoms with Crippen LogP contribution < -0.4 is 10.5 Å². The Morgan fingerprint density at radius 3 is 2.37 bits per heavy atom. The largest absolute Gasteiger partial charge is 0.491 e. The molecule has 1 saturated heterocycles. The molecular formula is C34H35ClFN3O4. The van der Waals surface area contributed by atoms with Crippen LogP contribution >= 0.6 is 11.6 Å². The molecule has 3 aromatic carbocycles. The Morgan fingerprint density at radius 1 is 1.00 bits per heavy atom. The maximum atomic E-state index is 14.0. The first-order chi connectivity index (χ1) is 20.7. The number of hydrogen-bond donors (Lipinski definition) is 2. The molecule has 4 aromatic rings. The van der Waals surface area contributed by atoms with Gasteiger partial charge in [-0.1, -0.05) is 41.9 Å². The lowest BCUT2D eigenvalue weighted by molar-refractivity contribution is -0.130. The number of piperidine rings is 1. The van der Waals surface area contributed by atoms with E-state index >= 15 is 0 Å². The van der Waals surface area contributed by atoms with E-state index in [0.717, 1.165) is 27.9 Å². The lowest BCUT2D eigenvalue weighted by Gasteiger charge is -2.40. The van der Waals surface area contributed by atoms with Crippen LogP contribution in [-0.4, -0.2) is 52.7 Å². The van der Waals surface area contributed by atoms with Gasteiger partial charge in [0.2, 0.25) is 5.91 Å². The molecule has 1 fully saturated rings. The van der Waals surface area contributed by atoms with E-state index in [2.05, 4.69) is 0 Å².